The molecule has 0 amide bonds. The minimum absolute atomic E-state index is 0.0511. The normalized spacial score (nSPS) is 18.4. The standard InChI is InChI=1S/C22H21N3O4S/c26-13-5-12-25-20(19(24-22(25)30)16-8-3-4-11-23-16)18-10-9-17(29-18)14-6-1-2-7-15(14)21(27)28/h1-4,6-11,19-20,26H,5,12-13H2,(H,24,30)(H,27,28). The van der Waals surface area contributed by atoms with Crippen molar-refractivity contribution >= 4 is 23.3 Å². The molecule has 3 aromatic rings. The Hall–Kier alpha value is -3.23. The number of hydrogen-bond acceptors (Lipinski definition) is 5. The average Bonchev–Trinajstić information content (AvgIpc) is 3.37. The van der Waals surface area contributed by atoms with Crippen LogP contribution < -0.4 is 5.32 Å². The van der Waals surface area contributed by atoms with E-state index in [0.717, 1.165) is 5.69 Å². The lowest BCUT2D eigenvalue weighted by Gasteiger charge is -2.25. The third-order valence-electron chi connectivity index (χ3n) is 5.10. The van der Waals surface area contributed by atoms with Crippen LogP contribution in [0.2, 0.25) is 0 Å². The Kier molecular flexibility index (Phi) is 5.78. The van der Waals surface area contributed by atoms with Gasteiger partial charge in [-0.3, -0.25) is 4.98 Å². The number of aliphatic hydroxyl groups is 1. The van der Waals surface area contributed by atoms with Crippen LogP contribution in [-0.4, -0.2) is 44.3 Å². The molecule has 2 atom stereocenters. The summed E-state index contributed by atoms with van der Waals surface area (Å²) >= 11 is 5.55. The zero-order valence-electron chi connectivity index (χ0n) is 16.1. The number of aliphatic hydroxyl groups excluding tert-OH is 1. The summed E-state index contributed by atoms with van der Waals surface area (Å²) in [5.74, 6) is 0.108. The molecule has 1 aliphatic heterocycles. The number of aromatic nitrogens is 1. The summed E-state index contributed by atoms with van der Waals surface area (Å²) in [4.78, 5) is 18.1. The van der Waals surface area contributed by atoms with Crippen LogP contribution in [0.1, 0.15) is 40.3 Å². The second kappa shape index (κ2) is 8.64. The number of nitrogens with one attached hydrogen (secondary N) is 1. The van der Waals surface area contributed by atoms with E-state index in [1.165, 1.54) is 0 Å². The summed E-state index contributed by atoms with van der Waals surface area (Å²) < 4.78 is 6.16. The maximum absolute atomic E-state index is 11.6. The van der Waals surface area contributed by atoms with Crippen LogP contribution in [0.4, 0.5) is 0 Å². The molecule has 2 aromatic heterocycles. The maximum Gasteiger partial charge on any atom is 0.336 e. The Labute approximate surface area is 179 Å². The van der Waals surface area contributed by atoms with Crippen molar-refractivity contribution in [3.63, 3.8) is 0 Å². The minimum atomic E-state index is -1.01. The zero-order chi connectivity index (χ0) is 21.1. The lowest BCUT2D eigenvalue weighted by molar-refractivity contribution is 0.0697. The van der Waals surface area contributed by atoms with Crippen molar-refractivity contribution in [2.24, 2.45) is 0 Å². The lowest BCUT2D eigenvalue weighted by Crippen LogP contribution is -2.30. The molecule has 4 rings (SSSR count). The van der Waals surface area contributed by atoms with E-state index in [2.05, 4.69) is 10.3 Å². The highest BCUT2D eigenvalue weighted by Gasteiger charge is 2.41. The van der Waals surface area contributed by atoms with Gasteiger partial charge in [0.05, 0.1) is 17.3 Å². The second-order valence-electron chi connectivity index (χ2n) is 6.95. The Morgan fingerprint density at radius 2 is 1.97 bits per heavy atom. The fourth-order valence-electron chi connectivity index (χ4n) is 3.74. The van der Waals surface area contributed by atoms with E-state index in [1.54, 1.807) is 36.5 Å². The van der Waals surface area contributed by atoms with Gasteiger partial charge in [-0.15, -0.1) is 0 Å². The lowest BCUT2D eigenvalue weighted by atomic mass is 10.0. The summed E-state index contributed by atoms with van der Waals surface area (Å²) in [6.07, 6.45) is 2.28. The van der Waals surface area contributed by atoms with E-state index in [9.17, 15) is 15.0 Å². The van der Waals surface area contributed by atoms with Crippen LogP contribution in [0.25, 0.3) is 11.3 Å². The first-order valence-corrected chi connectivity index (χ1v) is 10.0. The van der Waals surface area contributed by atoms with E-state index in [0.29, 0.717) is 35.2 Å². The number of hydrogen-bond donors (Lipinski definition) is 3. The largest absolute Gasteiger partial charge is 0.478 e. The number of carboxylic acid groups (broad SMARTS) is 1. The van der Waals surface area contributed by atoms with Crippen molar-refractivity contribution in [1.82, 2.24) is 15.2 Å². The molecule has 8 heteroatoms. The van der Waals surface area contributed by atoms with Crippen LogP contribution in [0.3, 0.4) is 0 Å². The van der Waals surface area contributed by atoms with Crippen molar-refractivity contribution in [1.29, 1.82) is 0 Å². The molecule has 1 fully saturated rings. The Morgan fingerprint density at radius 1 is 1.17 bits per heavy atom. The number of aromatic carboxylic acids is 1. The van der Waals surface area contributed by atoms with Crippen molar-refractivity contribution in [3.8, 4) is 11.3 Å². The Morgan fingerprint density at radius 3 is 2.70 bits per heavy atom. The fourth-order valence-corrected chi connectivity index (χ4v) is 4.07. The van der Waals surface area contributed by atoms with Gasteiger partial charge in [0, 0.05) is 24.9 Å². The van der Waals surface area contributed by atoms with Crippen LogP contribution in [0.15, 0.2) is 65.2 Å². The molecule has 7 nitrogen and oxygen atoms in total. The molecular formula is C22H21N3O4S. The highest BCUT2D eigenvalue weighted by Crippen LogP contribution is 2.40. The van der Waals surface area contributed by atoms with Crippen molar-refractivity contribution < 1.29 is 19.4 Å². The maximum atomic E-state index is 11.6. The summed E-state index contributed by atoms with van der Waals surface area (Å²) in [7, 11) is 0. The topological polar surface area (TPSA) is 98.8 Å². The number of carboxylic acids is 1. The molecule has 154 valence electrons. The molecule has 0 saturated carbocycles. The van der Waals surface area contributed by atoms with E-state index in [-0.39, 0.29) is 24.3 Å². The van der Waals surface area contributed by atoms with Crippen LogP contribution >= 0.6 is 12.2 Å². The summed E-state index contributed by atoms with van der Waals surface area (Å²) in [6.45, 7) is 0.605. The molecule has 0 aliphatic carbocycles. The SMILES string of the molecule is O=C(O)c1ccccc1-c1ccc(C2C(c3ccccn3)NC(=S)N2CCCO)o1. The summed E-state index contributed by atoms with van der Waals surface area (Å²) in [6, 6.07) is 15.5. The van der Waals surface area contributed by atoms with Crippen molar-refractivity contribution in [2.75, 3.05) is 13.2 Å². The van der Waals surface area contributed by atoms with Gasteiger partial charge >= 0.3 is 5.97 Å². The van der Waals surface area contributed by atoms with Crippen LogP contribution in [-0.2, 0) is 0 Å². The quantitative estimate of drug-likeness (QED) is 0.498. The molecule has 0 bridgehead atoms. The first-order valence-electron chi connectivity index (χ1n) is 9.61. The van der Waals surface area contributed by atoms with E-state index in [4.69, 9.17) is 16.6 Å². The van der Waals surface area contributed by atoms with Gasteiger partial charge in [0.15, 0.2) is 5.11 Å². The van der Waals surface area contributed by atoms with Crippen molar-refractivity contribution in [3.05, 3.63) is 77.8 Å². The molecule has 0 spiro atoms. The monoisotopic (exact) mass is 423 g/mol. The van der Waals surface area contributed by atoms with Crippen LogP contribution in [0.5, 0.6) is 0 Å². The average molecular weight is 423 g/mol. The molecule has 2 unspecified atom stereocenters. The highest BCUT2D eigenvalue weighted by atomic mass is 32.1. The number of furan rings is 1. The number of nitrogens with zero attached hydrogens (tertiary/aromatic N) is 2. The zero-order valence-corrected chi connectivity index (χ0v) is 16.9. The first-order chi connectivity index (χ1) is 14.6. The third-order valence-corrected chi connectivity index (χ3v) is 5.45. The molecule has 0 radical (unpaired) electrons. The number of benzene rings is 1. The van der Waals surface area contributed by atoms with Crippen LogP contribution in [0, 0.1) is 0 Å². The van der Waals surface area contributed by atoms with Gasteiger partial charge in [0.25, 0.3) is 0 Å². The highest BCUT2D eigenvalue weighted by molar-refractivity contribution is 7.80. The summed E-state index contributed by atoms with van der Waals surface area (Å²) in [5.41, 5.74) is 1.51. The fraction of sp³-hybridized carbons (Fsp3) is 0.227. The smallest absolute Gasteiger partial charge is 0.336 e. The van der Waals surface area contributed by atoms with Gasteiger partial charge in [-0.1, -0.05) is 24.3 Å². The van der Waals surface area contributed by atoms with Gasteiger partial charge in [-0.05, 0) is 49.0 Å². The minimum Gasteiger partial charge on any atom is -0.478 e. The molecule has 1 aliphatic rings. The van der Waals surface area contributed by atoms with Gasteiger partial charge in [0.1, 0.15) is 17.6 Å². The molecular weight excluding hydrogens is 402 g/mol. The van der Waals surface area contributed by atoms with Gasteiger partial charge in [-0.25, -0.2) is 4.79 Å². The molecule has 3 heterocycles. The van der Waals surface area contributed by atoms with Gasteiger partial charge < -0.3 is 24.8 Å². The van der Waals surface area contributed by atoms with Crippen molar-refractivity contribution in [2.45, 2.75) is 18.5 Å². The predicted molar refractivity (Wildman–Crippen MR) is 115 cm³/mol. The number of rotatable bonds is 7. The second-order valence-corrected chi connectivity index (χ2v) is 7.34. The van der Waals surface area contributed by atoms with E-state index in [1.807, 2.05) is 29.2 Å². The number of thiocarbonyl (C=S) groups is 1. The number of pyridine rings is 1. The Balaban J connectivity index is 1.74. The van der Waals surface area contributed by atoms with E-state index < -0.39 is 5.97 Å². The molecule has 1 saturated heterocycles. The van der Waals surface area contributed by atoms with Gasteiger partial charge in [-0.2, -0.15) is 0 Å². The predicted octanol–water partition coefficient (Wildman–Crippen LogP) is 3.39. The molecule has 3 N–H and O–H groups in total. The summed E-state index contributed by atoms with van der Waals surface area (Å²) in [5, 5.41) is 22.7. The van der Waals surface area contributed by atoms with Gasteiger partial charge in [0.2, 0.25) is 0 Å². The van der Waals surface area contributed by atoms with E-state index >= 15 is 0 Å². The molecule has 1 aromatic carbocycles. The first kappa shape index (κ1) is 20.1. The Bertz CT molecular complexity index is 1050. The third kappa shape index (κ3) is 3.79. The number of carbonyl (C=O) groups is 1. The molecule has 30 heavy (non-hydrogen) atoms.